The van der Waals surface area contributed by atoms with Gasteiger partial charge in [-0.1, -0.05) is 13.8 Å². The monoisotopic (exact) mass is 280 g/mol. The second-order valence-corrected chi connectivity index (χ2v) is 6.98. The molecule has 0 aromatic carbocycles. The lowest BCUT2D eigenvalue weighted by Gasteiger charge is -2.35. The largest absolute Gasteiger partial charge is 0.370 e. The average molecular weight is 280 g/mol. The molecule has 2 aliphatic heterocycles. The van der Waals surface area contributed by atoms with E-state index < -0.39 is 0 Å². The Morgan fingerprint density at radius 1 is 1.15 bits per heavy atom. The van der Waals surface area contributed by atoms with Crippen LogP contribution in [-0.2, 0) is 0 Å². The zero-order valence-electron chi connectivity index (χ0n) is 13.5. The van der Waals surface area contributed by atoms with Crippen LogP contribution in [0.3, 0.4) is 0 Å². The third kappa shape index (κ3) is 4.37. The molecule has 3 atom stereocenters. The van der Waals surface area contributed by atoms with Crippen LogP contribution >= 0.6 is 0 Å². The molecule has 0 amide bonds. The second-order valence-electron chi connectivity index (χ2n) is 6.98. The molecule has 2 rings (SSSR count). The quantitative estimate of drug-likeness (QED) is 0.636. The Balaban J connectivity index is 1.81. The van der Waals surface area contributed by atoms with Crippen LogP contribution in [0, 0.1) is 11.8 Å². The summed E-state index contributed by atoms with van der Waals surface area (Å²) in [4.78, 5) is 9.50. The minimum Gasteiger partial charge on any atom is -0.370 e. The average Bonchev–Trinajstić information content (AvgIpc) is 2.44. The van der Waals surface area contributed by atoms with Crippen molar-refractivity contribution in [2.24, 2.45) is 22.6 Å². The van der Waals surface area contributed by atoms with Crippen molar-refractivity contribution < 1.29 is 0 Å². The summed E-state index contributed by atoms with van der Waals surface area (Å²) in [6.07, 6.45) is 5.27. The fourth-order valence-corrected chi connectivity index (χ4v) is 3.46. The van der Waals surface area contributed by atoms with Gasteiger partial charge in [0.2, 0.25) is 0 Å². The van der Waals surface area contributed by atoms with Crippen molar-refractivity contribution in [2.45, 2.75) is 52.5 Å². The van der Waals surface area contributed by atoms with E-state index in [1.165, 1.54) is 38.8 Å². The van der Waals surface area contributed by atoms with Crippen LogP contribution in [0.5, 0.6) is 0 Å². The van der Waals surface area contributed by atoms with Gasteiger partial charge in [0.1, 0.15) is 0 Å². The van der Waals surface area contributed by atoms with Crippen molar-refractivity contribution >= 4 is 5.96 Å². The van der Waals surface area contributed by atoms with Gasteiger partial charge in [-0.3, -0.25) is 9.89 Å². The van der Waals surface area contributed by atoms with E-state index in [1.54, 1.807) is 0 Å². The maximum absolute atomic E-state index is 6.17. The molecule has 2 fully saturated rings. The Hall–Kier alpha value is -0.770. The van der Waals surface area contributed by atoms with Crippen LogP contribution in [0.15, 0.2) is 4.99 Å². The van der Waals surface area contributed by atoms with E-state index >= 15 is 0 Å². The van der Waals surface area contributed by atoms with E-state index in [4.69, 9.17) is 5.73 Å². The molecule has 20 heavy (non-hydrogen) atoms. The molecule has 0 bridgehead atoms. The number of nitrogens with zero attached hydrogens (tertiary/aromatic N) is 3. The molecule has 2 heterocycles. The van der Waals surface area contributed by atoms with Crippen LogP contribution in [0.1, 0.15) is 46.5 Å². The van der Waals surface area contributed by atoms with Crippen LogP contribution in [-0.4, -0.2) is 54.5 Å². The van der Waals surface area contributed by atoms with Crippen molar-refractivity contribution in [2.75, 3.05) is 32.7 Å². The molecule has 2 N–H and O–H groups in total. The first kappa shape index (κ1) is 15.6. The number of nitrogens with two attached hydrogens (primary N) is 1. The molecule has 116 valence electrons. The number of rotatable bonds is 3. The predicted molar refractivity (Wildman–Crippen MR) is 85.9 cm³/mol. The van der Waals surface area contributed by atoms with E-state index in [1.807, 2.05) is 0 Å². The van der Waals surface area contributed by atoms with Gasteiger partial charge in [0.05, 0.1) is 6.54 Å². The first-order valence-corrected chi connectivity index (χ1v) is 8.35. The van der Waals surface area contributed by atoms with Crippen molar-refractivity contribution in [3.63, 3.8) is 0 Å². The second kappa shape index (κ2) is 7.30. The van der Waals surface area contributed by atoms with Gasteiger partial charge in [0, 0.05) is 25.7 Å². The molecule has 0 aromatic rings. The molecule has 2 saturated heterocycles. The third-order valence-electron chi connectivity index (χ3n) is 4.81. The topological polar surface area (TPSA) is 44.9 Å². The Bertz CT molecular complexity index is 328. The van der Waals surface area contributed by atoms with Gasteiger partial charge in [0.15, 0.2) is 5.96 Å². The summed E-state index contributed by atoms with van der Waals surface area (Å²) in [5.41, 5.74) is 6.17. The predicted octanol–water partition coefficient (Wildman–Crippen LogP) is 2.15. The number of hydrogen-bond acceptors (Lipinski definition) is 2. The normalized spacial score (nSPS) is 31.4. The summed E-state index contributed by atoms with van der Waals surface area (Å²) in [5, 5.41) is 0. The third-order valence-corrected chi connectivity index (χ3v) is 4.81. The van der Waals surface area contributed by atoms with Gasteiger partial charge < -0.3 is 10.6 Å². The zero-order valence-corrected chi connectivity index (χ0v) is 13.5. The lowest BCUT2D eigenvalue weighted by molar-refractivity contribution is 0.142. The van der Waals surface area contributed by atoms with Gasteiger partial charge in [-0.15, -0.1) is 0 Å². The highest BCUT2D eigenvalue weighted by Gasteiger charge is 2.21. The molecule has 0 aliphatic carbocycles. The van der Waals surface area contributed by atoms with E-state index in [9.17, 15) is 0 Å². The summed E-state index contributed by atoms with van der Waals surface area (Å²) in [6.45, 7) is 12.4. The maximum Gasteiger partial charge on any atom is 0.191 e. The van der Waals surface area contributed by atoms with Crippen LogP contribution in [0.25, 0.3) is 0 Å². The van der Waals surface area contributed by atoms with Crippen molar-refractivity contribution in [1.82, 2.24) is 9.80 Å². The molecule has 2 aliphatic rings. The van der Waals surface area contributed by atoms with Crippen LogP contribution in [0.4, 0.5) is 0 Å². The summed E-state index contributed by atoms with van der Waals surface area (Å²) in [6, 6.07) is 0.513. The highest BCUT2D eigenvalue weighted by molar-refractivity contribution is 5.78. The molecular formula is C16H32N4. The number of piperidine rings is 2. The molecule has 0 spiro atoms. The molecular weight excluding hydrogens is 248 g/mol. The summed E-state index contributed by atoms with van der Waals surface area (Å²) in [7, 11) is 0. The first-order chi connectivity index (χ1) is 9.56. The molecule has 4 nitrogen and oxygen atoms in total. The highest BCUT2D eigenvalue weighted by Crippen LogP contribution is 2.18. The van der Waals surface area contributed by atoms with Gasteiger partial charge in [-0.05, 0) is 51.0 Å². The standard InChI is InChI=1S/C16H32N4/c1-13-6-4-8-19(11-13)15(3)10-18-16(17)20-9-5-7-14(2)12-20/h13-15H,4-12H2,1-3H3,(H2,17,18). The smallest absolute Gasteiger partial charge is 0.191 e. The van der Waals surface area contributed by atoms with Crippen molar-refractivity contribution in [3.05, 3.63) is 0 Å². The number of likely N-dealkylation sites (tertiary alicyclic amines) is 2. The Kier molecular flexibility index (Phi) is 5.70. The lowest BCUT2D eigenvalue weighted by atomic mass is 9.99. The minimum atomic E-state index is 0.513. The highest BCUT2D eigenvalue weighted by atomic mass is 15.3. The number of hydrogen-bond donors (Lipinski definition) is 1. The van der Waals surface area contributed by atoms with Crippen molar-refractivity contribution in [1.29, 1.82) is 0 Å². The number of guanidine groups is 1. The first-order valence-electron chi connectivity index (χ1n) is 8.35. The fourth-order valence-electron chi connectivity index (χ4n) is 3.46. The molecule has 0 aromatic heterocycles. The fraction of sp³-hybridized carbons (Fsp3) is 0.938. The van der Waals surface area contributed by atoms with Gasteiger partial charge in [0.25, 0.3) is 0 Å². The number of aliphatic imine (C=N–C) groups is 1. The lowest BCUT2D eigenvalue weighted by Crippen LogP contribution is -2.45. The minimum absolute atomic E-state index is 0.513. The SMILES string of the molecule is CC1CCCN(C(N)=NCC(C)N2CCCC(C)C2)C1. The van der Waals surface area contributed by atoms with Gasteiger partial charge in [-0.2, -0.15) is 0 Å². The van der Waals surface area contributed by atoms with Gasteiger partial charge in [-0.25, -0.2) is 0 Å². The maximum atomic E-state index is 6.17. The molecule has 3 unspecified atom stereocenters. The Morgan fingerprint density at radius 2 is 1.80 bits per heavy atom. The Morgan fingerprint density at radius 3 is 2.45 bits per heavy atom. The van der Waals surface area contributed by atoms with Gasteiger partial charge >= 0.3 is 0 Å². The molecule has 4 heteroatoms. The molecule has 0 saturated carbocycles. The van der Waals surface area contributed by atoms with E-state index in [2.05, 4.69) is 35.6 Å². The van der Waals surface area contributed by atoms with E-state index in [0.29, 0.717) is 6.04 Å². The Labute approximate surface area is 124 Å². The van der Waals surface area contributed by atoms with Crippen molar-refractivity contribution in [3.8, 4) is 0 Å². The van der Waals surface area contributed by atoms with Crippen LogP contribution < -0.4 is 5.73 Å². The summed E-state index contributed by atoms with van der Waals surface area (Å²) in [5.74, 6) is 2.33. The summed E-state index contributed by atoms with van der Waals surface area (Å²) >= 11 is 0. The zero-order chi connectivity index (χ0) is 14.5. The summed E-state index contributed by atoms with van der Waals surface area (Å²) < 4.78 is 0. The molecule has 0 radical (unpaired) electrons. The van der Waals surface area contributed by atoms with Crippen LogP contribution in [0.2, 0.25) is 0 Å². The van der Waals surface area contributed by atoms with E-state index in [-0.39, 0.29) is 0 Å². The van der Waals surface area contributed by atoms with E-state index in [0.717, 1.165) is 37.4 Å².